The molecule has 0 saturated heterocycles. The number of aromatic nitrogens is 1. The molecule has 1 heterocycles. The van der Waals surface area contributed by atoms with Crippen LogP contribution in [0.3, 0.4) is 0 Å². The summed E-state index contributed by atoms with van der Waals surface area (Å²) in [6.45, 7) is 6.27. The minimum Gasteiger partial charge on any atom is -0.489 e. The molecule has 3 heteroatoms. The van der Waals surface area contributed by atoms with Crippen molar-refractivity contribution in [2.75, 3.05) is 5.73 Å². The molecule has 3 nitrogen and oxygen atoms in total. The summed E-state index contributed by atoms with van der Waals surface area (Å²) < 4.78 is 5.61. The summed E-state index contributed by atoms with van der Waals surface area (Å²) in [5, 5.41) is 0. The first-order valence-electron chi connectivity index (χ1n) is 4.46. The van der Waals surface area contributed by atoms with E-state index in [1.54, 1.807) is 18.5 Å². The van der Waals surface area contributed by atoms with Crippen LogP contribution >= 0.6 is 0 Å². The molecule has 0 aliphatic rings. The third-order valence-corrected chi connectivity index (χ3v) is 2.00. The van der Waals surface area contributed by atoms with Crippen molar-refractivity contribution in [3.05, 3.63) is 18.5 Å². The highest BCUT2D eigenvalue weighted by atomic mass is 16.5. The van der Waals surface area contributed by atoms with E-state index >= 15 is 0 Å². The molecule has 0 aromatic carbocycles. The highest BCUT2D eigenvalue weighted by molar-refractivity contribution is 5.39. The fourth-order valence-corrected chi connectivity index (χ4v) is 0.851. The van der Waals surface area contributed by atoms with Crippen LogP contribution in [-0.4, -0.2) is 11.1 Å². The fourth-order valence-electron chi connectivity index (χ4n) is 0.851. The smallest absolute Gasteiger partial charge is 0.140 e. The first-order valence-corrected chi connectivity index (χ1v) is 4.46. The van der Waals surface area contributed by atoms with Gasteiger partial charge in [0.1, 0.15) is 5.75 Å². The highest BCUT2D eigenvalue weighted by Gasteiger charge is 2.08. The fraction of sp³-hybridized carbons (Fsp3) is 0.500. The molecule has 0 spiro atoms. The molecule has 0 radical (unpaired) electrons. The minimum atomic E-state index is 0.184. The van der Waals surface area contributed by atoms with Gasteiger partial charge in [-0.3, -0.25) is 4.98 Å². The highest BCUT2D eigenvalue weighted by Crippen LogP contribution is 2.16. The average molecular weight is 180 g/mol. The van der Waals surface area contributed by atoms with Crippen LogP contribution in [0.1, 0.15) is 20.8 Å². The van der Waals surface area contributed by atoms with Gasteiger partial charge >= 0.3 is 0 Å². The first-order chi connectivity index (χ1) is 6.09. The number of hydrogen-bond donors (Lipinski definition) is 1. The van der Waals surface area contributed by atoms with Crippen molar-refractivity contribution >= 4 is 5.69 Å². The molecule has 1 aromatic rings. The van der Waals surface area contributed by atoms with Crippen molar-refractivity contribution in [1.82, 2.24) is 4.98 Å². The van der Waals surface area contributed by atoms with Gasteiger partial charge < -0.3 is 10.5 Å². The molecule has 0 fully saturated rings. The molecule has 2 N–H and O–H groups in total. The zero-order valence-corrected chi connectivity index (χ0v) is 8.32. The zero-order chi connectivity index (χ0) is 9.84. The van der Waals surface area contributed by atoms with E-state index in [9.17, 15) is 0 Å². The molecular formula is C10H16N2O. The second kappa shape index (κ2) is 4.12. The molecule has 0 amide bonds. The number of ether oxygens (including phenoxy) is 1. The largest absolute Gasteiger partial charge is 0.489 e. The van der Waals surface area contributed by atoms with E-state index in [0.29, 0.717) is 11.6 Å². The standard InChI is InChI=1S/C10H16N2O/c1-7(2)8(3)13-10-4-9(11)5-12-6-10/h4-8H,11H2,1-3H3. The van der Waals surface area contributed by atoms with Crippen LogP contribution in [0.15, 0.2) is 18.5 Å². The maximum atomic E-state index is 5.61. The maximum absolute atomic E-state index is 5.61. The van der Waals surface area contributed by atoms with Crippen LogP contribution in [0.5, 0.6) is 5.75 Å². The summed E-state index contributed by atoms with van der Waals surface area (Å²) in [4.78, 5) is 3.95. The average Bonchev–Trinajstić information content (AvgIpc) is 2.04. The Bertz CT molecular complexity index is 273. The van der Waals surface area contributed by atoms with Gasteiger partial charge in [-0.1, -0.05) is 13.8 Å². The van der Waals surface area contributed by atoms with Crippen LogP contribution in [0.4, 0.5) is 5.69 Å². The second-order valence-corrected chi connectivity index (χ2v) is 3.52. The van der Waals surface area contributed by atoms with Crippen molar-refractivity contribution < 1.29 is 4.74 Å². The van der Waals surface area contributed by atoms with Crippen molar-refractivity contribution in [2.45, 2.75) is 26.9 Å². The quantitative estimate of drug-likeness (QED) is 0.774. The van der Waals surface area contributed by atoms with E-state index in [2.05, 4.69) is 18.8 Å². The normalized spacial score (nSPS) is 12.9. The molecule has 0 aliphatic carbocycles. The molecule has 72 valence electrons. The lowest BCUT2D eigenvalue weighted by molar-refractivity contribution is 0.170. The summed E-state index contributed by atoms with van der Waals surface area (Å²) >= 11 is 0. The molecular weight excluding hydrogens is 164 g/mol. The monoisotopic (exact) mass is 180 g/mol. The van der Waals surface area contributed by atoms with E-state index in [0.717, 1.165) is 5.75 Å². The lowest BCUT2D eigenvalue weighted by atomic mass is 10.1. The molecule has 1 aromatic heterocycles. The van der Waals surface area contributed by atoms with Gasteiger partial charge in [0.2, 0.25) is 0 Å². The van der Waals surface area contributed by atoms with Gasteiger partial charge in [-0.25, -0.2) is 0 Å². The van der Waals surface area contributed by atoms with Gasteiger partial charge in [-0.15, -0.1) is 0 Å². The Labute approximate surface area is 78.9 Å². The Kier molecular flexibility index (Phi) is 3.12. The summed E-state index contributed by atoms with van der Waals surface area (Å²) in [7, 11) is 0. The van der Waals surface area contributed by atoms with Gasteiger partial charge in [0.05, 0.1) is 24.2 Å². The van der Waals surface area contributed by atoms with Crippen molar-refractivity contribution in [2.24, 2.45) is 5.92 Å². The molecule has 0 bridgehead atoms. The number of pyridine rings is 1. The van der Waals surface area contributed by atoms with Crippen LogP contribution < -0.4 is 10.5 Å². The van der Waals surface area contributed by atoms with Gasteiger partial charge in [0.15, 0.2) is 0 Å². The topological polar surface area (TPSA) is 48.1 Å². The molecule has 1 unspecified atom stereocenters. The van der Waals surface area contributed by atoms with Crippen LogP contribution in [0.25, 0.3) is 0 Å². The van der Waals surface area contributed by atoms with Gasteiger partial charge in [0, 0.05) is 6.07 Å². The number of nitrogens with two attached hydrogens (primary N) is 1. The first kappa shape index (κ1) is 9.84. The van der Waals surface area contributed by atoms with Crippen LogP contribution in [-0.2, 0) is 0 Å². The summed E-state index contributed by atoms with van der Waals surface area (Å²) in [5.74, 6) is 1.22. The molecule has 0 aliphatic heterocycles. The predicted octanol–water partition coefficient (Wildman–Crippen LogP) is 2.09. The summed E-state index contributed by atoms with van der Waals surface area (Å²) in [6.07, 6.45) is 3.46. The predicted molar refractivity (Wildman–Crippen MR) is 53.6 cm³/mol. The maximum Gasteiger partial charge on any atom is 0.140 e. The summed E-state index contributed by atoms with van der Waals surface area (Å²) in [5.41, 5.74) is 6.20. The Balaban J connectivity index is 2.64. The number of hydrogen-bond acceptors (Lipinski definition) is 3. The lowest BCUT2D eigenvalue weighted by Crippen LogP contribution is -2.18. The number of anilines is 1. The Morgan fingerprint density at radius 2 is 2.00 bits per heavy atom. The van der Waals surface area contributed by atoms with E-state index in [1.807, 2.05) is 6.92 Å². The zero-order valence-electron chi connectivity index (χ0n) is 8.32. The lowest BCUT2D eigenvalue weighted by Gasteiger charge is -2.17. The van der Waals surface area contributed by atoms with E-state index in [4.69, 9.17) is 10.5 Å². The Morgan fingerprint density at radius 3 is 2.54 bits per heavy atom. The van der Waals surface area contributed by atoms with Crippen molar-refractivity contribution in [3.8, 4) is 5.75 Å². The van der Waals surface area contributed by atoms with E-state index in [-0.39, 0.29) is 6.10 Å². The Hall–Kier alpha value is -1.25. The number of nitrogen functional groups attached to an aromatic ring is 1. The molecule has 13 heavy (non-hydrogen) atoms. The van der Waals surface area contributed by atoms with Crippen molar-refractivity contribution in [3.63, 3.8) is 0 Å². The van der Waals surface area contributed by atoms with Gasteiger partial charge in [0.25, 0.3) is 0 Å². The SMILES string of the molecule is CC(C)C(C)Oc1cncc(N)c1. The molecule has 0 saturated carbocycles. The third kappa shape index (κ3) is 2.93. The van der Waals surface area contributed by atoms with E-state index < -0.39 is 0 Å². The van der Waals surface area contributed by atoms with E-state index in [1.165, 1.54) is 0 Å². The van der Waals surface area contributed by atoms with Gasteiger partial charge in [-0.05, 0) is 12.8 Å². The van der Waals surface area contributed by atoms with Crippen molar-refractivity contribution in [1.29, 1.82) is 0 Å². The Morgan fingerprint density at radius 1 is 1.31 bits per heavy atom. The van der Waals surface area contributed by atoms with Crippen LogP contribution in [0, 0.1) is 5.92 Å². The number of nitrogens with zero attached hydrogens (tertiary/aromatic N) is 1. The summed E-state index contributed by atoms with van der Waals surface area (Å²) in [6, 6.07) is 1.78. The molecule has 1 atom stereocenters. The van der Waals surface area contributed by atoms with Gasteiger partial charge in [-0.2, -0.15) is 0 Å². The number of rotatable bonds is 3. The molecule has 1 rings (SSSR count). The third-order valence-electron chi connectivity index (χ3n) is 2.00. The van der Waals surface area contributed by atoms with Crippen LogP contribution in [0.2, 0.25) is 0 Å². The minimum absolute atomic E-state index is 0.184. The second-order valence-electron chi connectivity index (χ2n) is 3.52.